The smallest absolute Gasteiger partial charge is 0.223 e. The molecule has 1 unspecified atom stereocenters. The van der Waals surface area contributed by atoms with Crippen molar-refractivity contribution in [2.24, 2.45) is 11.8 Å². The largest absolute Gasteiger partial charge is 0.343 e. The van der Waals surface area contributed by atoms with Gasteiger partial charge in [-0.3, -0.25) is 4.79 Å². The van der Waals surface area contributed by atoms with E-state index < -0.39 is 0 Å². The van der Waals surface area contributed by atoms with E-state index in [0.717, 1.165) is 37.9 Å². The third kappa shape index (κ3) is 3.98. The monoisotopic (exact) mass is 252 g/mol. The predicted molar refractivity (Wildman–Crippen MR) is 74.4 cm³/mol. The third-order valence-electron chi connectivity index (χ3n) is 4.52. The van der Waals surface area contributed by atoms with Crippen LogP contribution in [-0.2, 0) is 4.79 Å². The average molecular weight is 252 g/mol. The molecule has 104 valence electrons. The molecule has 2 rings (SSSR count). The van der Waals surface area contributed by atoms with Gasteiger partial charge in [0.2, 0.25) is 5.91 Å². The summed E-state index contributed by atoms with van der Waals surface area (Å²) in [4.78, 5) is 16.7. The fourth-order valence-corrected chi connectivity index (χ4v) is 3.16. The van der Waals surface area contributed by atoms with E-state index in [9.17, 15) is 4.79 Å². The van der Waals surface area contributed by atoms with E-state index in [4.69, 9.17) is 0 Å². The van der Waals surface area contributed by atoms with E-state index in [1.165, 1.54) is 38.8 Å². The fraction of sp³-hybridized carbons (Fsp3) is 0.933. The Morgan fingerprint density at radius 2 is 1.78 bits per heavy atom. The normalized spacial score (nSPS) is 27.4. The van der Waals surface area contributed by atoms with Crippen LogP contribution in [0, 0.1) is 11.8 Å². The molecule has 2 fully saturated rings. The number of hydrogen-bond acceptors (Lipinski definition) is 2. The lowest BCUT2D eigenvalue weighted by molar-refractivity contribution is -0.132. The van der Waals surface area contributed by atoms with Gasteiger partial charge in [-0.25, -0.2) is 0 Å². The molecule has 2 aliphatic rings. The van der Waals surface area contributed by atoms with Crippen LogP contribution in [-0.4, -0.2) is 48.4 Å². The highest BCUT2D eigenvalue weighted by Gasteiger charge is 2.22. The summed E-state index contributed by atoms with van der Waals surface area (Å²) < 4.78 is 0. The molecule has 0 aromatic heterocycles. The molecule has 3 heteroatoms. The van der Waals surface area contributed by atoms with Gasteiger partial charge in [0.1, 0.15) is 0 Å². The number of amides is 1. The molecule has 0 aliphatic carbocycles. The number of likely N-dealkylation sites (tertiary alicyclic amines) is 2. The van der Waals surface area contributed by atoms with Crippen molar-refractivity contribution in [2.45, 2.75) is 46.0 Å². The van der Waals surface area contributed by atoms with Crippen LogP contribution in [0.3, 0.4) is 0 Å². The Kier molecular flexibility index (Phi) is 5.04. The number of nitrogens with zero attached hydrogens (tertiary/aromatic N) is 2. The Labute approximate surface area is 112 Å². The van der Waals surface area contributed by atoms with Crippen molar-refractivity contribution in [2.75, 3.05) is 32.7 Å². The molecule has 0 spiro atoms. The maximum atomic E-state index is 12.1. The zero-order valence-electron chi connectivity index (χ0n) is 12.0. The van der Waals surface area contributed by atoms with Gasteiger partial charge in [0.15, 0.2) is 0 Å². The van der Waals surface area contributed by atoms with Crippen molar-refractivity contribution in [1.29, 1.82) is 0 Å². The van der Waals surface area contributed by atoms with Crippen LogP contribution in [0.4, 0.5) is 0 Å². The van der Waals surface area contributed by atoms with Gasteiger partial charge in [0.05, 0.1) is 0 Å². The van der Waals surface area contributed by atoms with Crippen LogP contribution >= 0.6 is 0 Å². The second-order valence-corrected chi connectivity index (χ2v) is 6.36. The van der Waals surface area contributed by atoms with E-state index in [1.807, 2.05) is 0 Å². The zero-order chi connectivity index (χ0) is 13.0. The quantitative estimate of drug-likeness (QED) is 0.770. The van der Waals surface area contributed by atoms with Crippen LogP contribution in [0.25, 0.3) is 0 Å². The van der Waals surface area contributed by atoms with E-state index in [-0.39, 0.29) is 0 Å². The van der Waals surface area contributed by atoms with Crippen LogP contribution in [0.5, 0.6) is 0 Å². The molecular formula is C15H28N2O. The van der Waals surface area contributed by atoms with Gasteiger partial charge in [-0.05, 0) is 44.1 Å². The van der Waals surface area contributed by atoms with Crippen LogP contribution in [0.15, 0.2) is 0 Å². The number of hydrogen-bond donors (Lipinski definition) is 0. The van der Waals surface area contributed by atoms with Gasteiger partial charge in [-0.2, -0.15) is 0 Å². The summed E-state index contributed by atoms with van der Waals surface area (Å²) in [6.45, 7) is 9.91. The molecule has 0 radical (unpaired) electrons. The van der Waals surface area contributed by atoms with Gasteiger partial charge >= 0.3 is 0 Å². The Hall–Kier alpha value is -0.570. The van der Waals surface area contributed by atoms with E-state index in [2.05, 4.69) is 23.6 Å². The summed E-state index contributed by atoms with van der Waals surface area (Å²) in [6.07, 6.45) is 5.76. The van der Waals surface area contributed by atoms with Crippen LogP contribution in [0.1, 0.15) is 46.0 Å². The predicted octanol–water partition coefficient (Wildman–Crippen LogP) is 2.37. The van der Waals surface area contributed by atoms with Crippen molar-refractivity contribution < 1.29 is 4.79 Å². The molecule has 3 nitrogen and oxygen atoms in total. The minimum atomic E-state index is 0.375. The first-order valence-electron chi connectivity index (χ1n) is 7.65. The first-order chi connectivity index (χ1) is 8.65. The summed E-state index contributed by atoms with van der Waals surface area (Å²) in [5.41, 5.74) is 0. The fourth-order valence-electron chi connectivity index (χ4n) is 3.16. The lowest BCUT2D eigenvalue weighted by Gasteiger charge is -2.33. The SMILES string of the molecule is CC1CCN(C(=O)CCN2CCCC(C)C2)CC1. The van der Waals surface area contributed by atoms with E-state index in [1.54, 1.807) is 0 Å². The Bertz CT molecular complexity index is 272. The summed E-state index contributed by atoms with van der Waals surface area (Å²) in [7, 11) is 0. The topological polar surface area (TPSA) is 23.6 Å². The molecule has 2 aliphatic heterocycles. The Morgan fingerprint density at radius 1 is 1.06 bits per heavy atom. The molecular weight excluding hydrogens is 224 g/mol. The third-order valence-corrected chi connectivity index (χ3v) is 4.52. The molecule has 0 bridgehead atoms. The Morgan fingerprint density at radius 3 is 2.44 bits per heavy atom. The second kappa shape index (κ2) is 6.55. The summed E-state index contributed by atoms with van der Waals surface area (Å²) in [5.74, 6) is 1.99. The summed E-state index contributed by atoms with van der Waals surface area (Å²) in [5, 5.41) is 0. The van der Waals surface area contributed by atoms with Gasteiger partial charge in [-0.1, -0.05) is 13.8 Å². The molecule has 2 saturated heterocycles. The van der Waals surface area contributed by atoms with Crippen molar-refractivity contribution >= 4 is 5.91 Å². The maximum Gasteiger partial charge on any atom is 0.223 e. The summed E-state index contributed by atoms with van der Waals surface area (Å²) >= 11 is 0. The van der Waals surface area contributed by atoms with Gasteiger partial charge in [0, 0.05) is 32.6 Å². The molecule has 1 amide bonds. The summed E-state index contributed by atoms with van der Waals surface area (Å²) in [6, 6.07) is 0. The average Bonchev–Trinajstić information content (AvgIpc) is 2.37. The number of rotatable bonds is 3. The van der Waals surface area contributed by atoms with Crippen molar-refractivity contribution in [3.63, 3.8) is 0 Å². The Balaban J connectivity index is 1.68. The van der Waals surface area contributed by atoms with Crippen molar-refractivity contribution in [3.8, 4) is 0 Å². The number of carbonyl (C=O) groups is 1. The number of piperidine rings is 2. The minimum absolute atomic E-state index is 0.375. The highest BCUT2D eigenvalue weighted by molar-refractivity contribution is 5.76. The van der Waals surface area contributed by atoms with E-state index >= 15 is 0 Å². The zero-order valence-corrected chi connectivity index (χ0v) is 12.0. The molecule has 0 aromatic rings. The lowest BCUT2D eigenvalue weighted by Crippen LogP contribution is -2.41. The molecule has 0 saturated carbocycles. The molecule has 1 atom stereocenters. The highest BCUT2D eigenvalue weighted by Crippen LogP contribution is 2.18. The van der Waals surface area contributed by atoms with Crippen molar-refractivity contribution in [3.05, 3.63) is 0 Å². The van der Waals surface area contributed by atoms with Gasteiger partial charge < -0.3 is 9.80 Å². The maximum absolute atomic E-state index is 12.1. The first-order valence-corrected chi connectivity index (χ1v) is 7.65. The lowest BCUT2D eigenvalue weighted by atomic mass is 9.98. The van der Waals surface area contributed by atoms with Crippen molar-refractivity contribution in [1.82, 2.24) is 9.80 Å². The minimum Gasteiger partial charge on any atom is -0.343 e. The van der Waals surface area contributed by atoms with E-state index in [0.29, 0.717) is 5.91 Å². The molecule has 18 heavy (non-hydrogen) atoms. The van der Waals surface area contributed by atoms with Crippen LogP contribution < -0.4 is 0 Å². The highest BCUT2D eigenvalue weighted by atomic mass is 16.2. The van der Waals surface area contributed by atoms with Crippen LogP contribution in [0.2, 0.25) is 0 Å². The van der Waals surface area contributed by atoms with Gasteiger partial charge in [-0.15, -0.1) is 0 Å². The van der Waals surface area contributed by atoms with Gasteiger partial charge in [0.25, 0.3) is 0 Å². The molecule has 2 heterocycles. The number of carbonyl (C=O) groups excluding carboxylic acids is 1. The molecule has 0 aromatic carbocycles. The first kappa shape index (κ1) is 13.9. The standard InChI is InChI=1S/C15H28N2O/c1-13-5-10-17(11-6-13)15(18)7-9-16-8-3-4-14(2)12-16/h13-14H,3-12H2,1-2H3. The second-order valence-electron chi connectivity index (χ2n) is 6.36. The molecule has 0 N–H and O–H groups in total.